The van der Waals surface area contributed by atoms with E-state index in [2.05, 4.69) is 10.1 Å². The van der Waals surface area contributed by atoms with Crippen LogP contribution in [0.3, 0.4) is 0 Å². The van der Waals surface area contributed by atoms with Crippen LogP contribution in [-0.4, -0.2) is 55.7 Å². The molecular formula is C9H13F3N2O3. The van der Waals surface area contributed by atoms with Crippen molar-refractivity contribution in [3.63, 3.8) is 0 Å². The van der Waals surface area contributed by atoms with Gasteiger partial charge in [-0.25, -0.2) is 4.79 Å². The van der Waals surface area contributed by atoms with Crippen molar-refractivity contribution in [3.05, 3.63) is 0 Å². The van der Waals surface area contributed by atoms with Crippen LogP contribution in [0.25, 0.3) is 0 Å². The number of nitrogens with one attached hydrogen (secondary N) is 1. The van der Waals surface area contributed by atoms with E-state index in [4.69, 9.17) is 0 Å². The quantitative estimate of drug-likeness (QED) is 0.700. The molecule has 1 rings (SSSR count). The molecule has 1 aliphatic rings. The second-order valence-electron chi connectivity index (χ2n) is 3.95. The van der Waals surface area contributed by atoms with Crippen molar-refractivity contribution in [2.75, 3.05) is 20.6 Å². The third-order valence-electron chi connectivity index (χ3n) is 2.33. The zero-order valence-electron chi connectivity index (χ0n) is 9.37. The standard InChI is InChI=1S/C9H13F3N2O3/c1-14(2)7(15)6-3-5(4-13-6)17-8(16)9(10,11)12/h5-6,13H,3-4H2,1-2H3/t5-,6-/m0/s1. The van der Waals surface area contributed by atoms with Crippen LogP contribution in [0.1, 0.15) is 6.42 Å². The Bertz CT molecular complexity index is 317. The Morgan fingerprint density at radius 3 is 2.41 bits per heavy atom. The number of hydrogen-bond donors (Lipinski definition) is 1. The lowest BCUT2D eigenvalue weighted by Gasteiger charge is -2.16. The molecule has 98 valence electrons. The van der Waals surface area contributed by atoms with E-state index in [0.717, 1.165) is 0 Å². The maximum absolute atomic E-state index is 11.9. The summed E-state index contributed by atoms with van der Waals surface area (Å²) in [6, 6.07) is -0.601. The van der Waals surface area contributed by atoms with Gasteiger partial charge >= 0.3 is 12.1 Å². The fourth-order valence-corrected chi connectivity index (χ4v) is 1.51. The molecule has 1 amide bonds. The smallest absolute Gasteiger partial charge is 0.454 e. The second kappa shape index (κ2) is 4.91. The van der Waals surface area contributed by atoms with Gasteiger partial charge in [0, 0.05) is 27.1 Å². The number of halogens is 3. The van der Waals surface area contributed by atoms with E-state index in [0.29, 0.717) is 0 Å². The maximum Gasteiger partial charge on any atom is 0.490 e. The van der Waals surface area contributed by atoms with Gasteiger partial charge in [0.05, 0.1) is 6.04 Å². The number of esters is 1. The summed E-state index contributed by atoms with van der Waals surface area (Å²) < 4.78 is 40.0. The van der Waals surface area contributed by atoms with Gasteiger partial charge in [-0.05, 0) is 0 Å². The van der Waals surface area contributed by atoms with Gasteiger partial charge in [-0.3, -0.25) is 4.79 Å². The predicted octanol–water partition coefficient (Wildman–Crippen LogP) is -0.0894. The molecule has 8 heteroatoms. The molecule has 0 radical (unpaired) electrons. The van der Waals surface area contributed by atoms with Gasteiger partial charge in [0.1, 0.15) is 6.10 Å². The minimum absolute atomic E-state index is 0.0477. The highest BCUT2D eigenvalue weighted by atomic mass is 19.4. The average molecular weight is 254 g/mol. The number of amides is 1. The lowest BCUT2D eigenvalue weighted by atomic mass is 10.2. The van der Waals surface area contributed by atoms with Crippen molar-refractivity contribution in [3.8, 4) is 0 Å². The lowest BCUT2D eigenvalue weighted by Crippen LogP contribution is -2.39. The van der Waals surface area contributed by atoms with E-state index in [1.165, 1.54) is 4.90 Å². The molecule has 5 nitrogen and oxygen atoms in total. The molecule has 0 bridgehead atoms. The van der Waals surface area contributed by atoms with Crippen LogP contribution < -0.4 is 5.32 Å². The third kappa shape index (κ3) is 3.58. The summed E-state index contributed by atoms with van der Waals surface area (Å²) >= 11 is 0. The molecule has 1 fully saturated rings. The fraction of sp³-hybridized carbons (Fsp3) is 0.778. The van der Waals surface area contributed by atoms with Gasteiger partial charge in [0.2, 0.25) is 5.91 Å². The lowest BCUT2D eigenvalue weighted by molar-refractivity contribution is -0.204. The number of alkyl halides is 3. The molecule has 0 saturated carbocycles. The number of likely N-dealkylation sites (N-methyl/N-ethyl adjacent to an activating group) is 1. The Hall–Kier alpha value is -1.31. The molecule has 0 spiro atoms. The molecule has 0 aliphatic carbocycles. The first-order valence-corrected chi connectivity index (χ1v) is 4.94. The van der Waals surface area contributed by atoms with Crippen LogP contribution >= 0.6 is 0 Å². The Balaban J connectivity index is 2.47. The Morgan fingerprint density at radius 1 is 1.35 bits per heavy atom. The number of nitrogens with zero attached hydrogens (tertiary/aromatic N) is 1. The minimum Gasteiger partial charge on any atom is -0.454 e. The molecule has 1 heterocycles. The summed E-state index contributed by atoms with van der Waals surface area (Å²) in [4.78, 5) is 23.4. The van der Waals surface area contributed by atoms with Crippen LogP contribution in [0.15, 0.2) is 0 Å². The molecular weight excluding hydrogens is 241 g/mol. The van der Waals surface area contributed by atoms with Gasteiger partial charge in [0.15, 0.2) is 0 Å². The highest BCUT2D eigenvalue weighted by Gasteiger charge is 2.43. The molecule has 2 atom stereocenters. The third-order valence-corrected chi connectivity index (χ3v) is 2.33. The Morgan fingerprint density at radius 2 is 1.94 bits per heavy atom. The highest BCUT2D eigenvalue weighted by molar-refractivity contribution is 5.82. The summed E-state index contributed by atoms with van der Waals surface area (Å²) in [6.07, 6.45) is -5.86. The molecule has 1 N–H and O–H groups in total. The van der Waals surface area contributed by atoms with E-state index >= 15 is 0 Å². The largest absolute Gasteiger partial charge is 0.490 e. The number of carbonyl (C=O) groups is 2. The van der Waals surface area contributed by atoms with Crippen LogP contribution in [-0.2, 0) is 14.3 Å². The molecule has 0 unspecified atom stereocenters. The average Bonchev–Trinajstić information content (AvgIpc) is 2.63. The monoisotopic (exact) mass is 254 g/mol. The first-order valence-electron chi connectivity index (χ1n) is 4.94. The summed E-state index contributed by atoms with van der Waals surface area (Å²) in [5.41, 5.74) is 0. The number of ether oxygens (including phenoxy) is 1. The Kier molecular flexibility index (Phi) is 3.97. The molecule has 17 heavy (non-hydrogen) atoms. The molecule has 0 aromatic carbocycles. The normalized spacial score (nSPS) is 24.5. The van der Waals surface area contributed by atoms with E-state index in [9.17, 15) is 22.8 Å². The van der Waals surface area contributed by atoms with Gasteiger partial charge in [0.25, 0.3) is 0 Å². The highest BCUT2D eigenvalue weighted by Crippen LogP contribution is 2.20. The van der Waals surface area contributed by atoms with Gasteiger partial charge in [-0.2, -0.15) is 13.2 Å². The summed E-state index contributed by atoms with van der Waals surface area (Å²) in [6.45, 7) is 0.0477. The van der Waals surface area contributed by atoms with Crippen molar-refractivity contribution >= 4 is 11.9 Å². The molecule has 1 aliphatic heterocycles. The topological polar surface area (TPSA) is 58.6 Å². The van der Waals surface area contributed by atoms with E-state index < -0.39 is 24.3 Å². The van der Waals surface area contributed by atoms with Gasteiger partial charge in [-0.1, -0.05) is 0 Å². The first-order chi connectivity index (χ1) is 7.71. The zero-order valence-corrected chi connectivity index (χ0v) is 9.37. The first kappa shape index (κ1) is 13.8. The zero-order chi connectivity index (χ0) is 13.2. The van der Waals surface area contributed by atoms with Crippen molar-refractivity contribution < 1.29 is 27.5 Å². The van der Waals surface area contributed by atoms with Gasteiger partial charge < -0.3 is 15.0 Å². The molecule has 1 saturated heterocycles. The summed E-state index contributed by atoms with van der Waals surface area (Å²) in [5, 5.41) is 2.71. The van der Waals surface area contributed by atoms with Crippen LogP contribution in [0.2, 0.25) is 0 Å². The number of carbonyl (C=O) groups excluding carboxylic acids is 2. The van der Waals surface area contributed by atoms with E-state index in [1.54, 1.807) is 14.1 Å². The van der Waals surface area contributed by atoms with Crippen molar-refractivity contribution in [1.29, 1.82) is 0 Å². The predicted molar refractivity (Wildman–Crippen MR) is 51.0 cm³/mol. The second-order valence-corrected chi connectivity index (χ2v) is 3.95. The molecule has 0 aromatic heterocycles. The van der Waals surface area contributed by atoms with E-state index in [-0.39, 0.29) is 18.9 Å². The maximum atomic E-state index is 11.9. The summed E-state index contributed by atoms with van der Waals surface area (Å²) in [5.74, 6) is -2.47. The van der Waals surface area contributed by atoms with Crippen molar-refractivity contribution in [1.82, 2.24) is 10.2 Å². The van der Waals surface area contributed by atoms with Gasteiger partial charge in [-0.15, -0.1) is 0 Å². The number of hydrogen-bond acceptors (Lipinski definition) is 4. The summed E-state index contributed by atoms with van der Waals surface area (Å²) in [7, 11) is 3.08. The number of rotatable bonds is 2. The van der Waals surface area contributed by atoms with Crippen LogP contribution in [0.5, 0.6) is 0 Å². The van der Waals surface area contributed by atoms with E-state index in [1.807, 2.05) is 0 Å². The van der Waals surface area contributed by atoms with Crippen LogP contribution in [0, 0.1) is 0 Å². The molecule has 0 aromatic rings. The fourth-order valence-electron chi connectivity index (χ4n) is 1.51. The van der Waals surface area contributed by atoms with Crippen molar-refractivity contribution in [2.45, 2.75) is 24.7 Å². The minimum atomic E-state index is -5.00. The van der Waals surface area contributed by atoms with Crippen molar-refractivity contribution in [2.24, 2.45) is 0 Å². The Labute approximate surface area is 95.9 Å². The van der Waals surface area contributed by atoms with Crippen LogP contribution in [0.4, 0.5) is 13.2 Å². The SMILES string of the molecule is CN(C)C(=O)[C@@H]1C[C@H](OC(=O)C(F)(F)F)CN1.